The lowest BCUT2D eigenvalue weighted by Gasteiger charge is -2.24. The van der Waals surface area contributed by atoms with Crippen molar-refractivity contribution in [1.29, 1.82) is 0 Å². The smallest absolute Gasteiger partial charge is 0.309 e. The highest BCUT2D eigenvalue weighted by Crippen LogP contribution is 2.27. The Balaban J connectivity index is 2.14. The van der Waals surface area contributed by atoms with Gasteiger partial charge in [-0.25, -0.2) is 0 Å². The first kappa shape index (κ1) is 17.1. The number of benzene rings is 1. The third kappa shape index (κ3) is 3.73. The summed E-state index contributed by atoms with van der Waals surface area (Å²) in [6.07, 6.45) is 0.610. The predicted molar refractivity (Wildman–Crippen MR) is 83.0 cm³/mol. The lowest BCUT2D eigenvalue weighted by Crippen LogP contribution is -2.41. The van der Waals surface area contributed by atoms with Gasteiger partial charge in [0.15, 0.2) is 17.3 Å². The summed E-state index contributed by atoms with van der Waals surface area (Å²) in [7, 11) is 0. The summed E-state index contributed by atoms with van der Waals surface area (Å²) in [5.41, 5.74) is 1.42. The zero-order chi connectivity index (χ0) is 17.0. The fourth-order valence-electron chi connectivity index (χ4n) is 2.76. The molecule has 1 saturated carbocycles. The molecular formula is C18H20O5. The van der Waals surface area contributed by atoms with Gasteiger partial charge in [0.05, 0.1) is 12.5 Å². The van der Waals surface area contributed by atoms with E-state index in [1.54, 1.807) is 19.1 Å². The van der Waals surface area contributed by atoms with E-state index in [1.807, 2.05) is 19.1 Å². The van der Waals surface area contributed by atoms with Crippen LogP contribution in [0, 0.1) is 11.8 Å². The normalized spacial score (nSPS) is 21.1. The van der Waals surface area contributed by atoms with Crippen molar-refractivity contribution in [2.75, 3.05) is 6.61 Å². The number of carbonyl (C=O) groups is 4. The van der Waals surface area contributed by atoms with Crippen LogP contribution in [0.1, 0.15) is 42.6 Å². The summed E-state index contributed by atoms with van der Waals surface area (Å²) in [5.74, 6) is -4.07. The summed E-state index contributed by atoms with van der Waals surface area (Å²) in [6.45, 7) is 3.86. The van der Waals surface area contributed by atoms with Gasteiger partial charge in [0.1, 0.15) is 5.92 Å². The second-order valence-corrected chi connectivity index (χ2v) is 5.64. The van der Waals surface area contributed by atoms with Gasteiger partial charge in [0, 0.05) is 18.4 Å². The quantitative estimate of drug-likeness (QED) is 0.472. The monoisotopic (exact) mass is 316 g/mol. The zero-order valence-corrected chi connectivity index (χ0v) is 13.3. The molecule has 0 spiro atoms. The first-order chi connectivity index (χ1) is 11.0. The average Bonchev–Trinajstić information content (AvgIpc) is 2.54. The second kappa shape index (κ2) is 7.31. The lowest BCUT2D eigenvalue weighted by molar-refractivity contribution is -0.154. The molecule has 0 radical (unpaired) electrons. The molecule has 0 amide bonds. The summed E-state index contributed by atoms with van der Waals surface area (Å²) >= 11 is 0. The molecule has 5 nitrogen and oxygen atoms in total. The second-order valence-electron chi connectivity index (χ2n) is 5.64. The number of rotatable bonds is 5. The van der Waals surface area contributed by atoms with Crippen molar-refractivity contribution in [3.63, 3.8) is 0 Å². The van der Waals surface area contributed by atoms with Gasteiger partial charge in [-0.2, -0.15) is 0 Å². The van der Waals surface area contributed by atoms with Crippen molar-refractivity contribution in [2.24, 2.45) is 11.8 Å². The van der Waals surface area contributed by atoms with E-state index < -0.39 is 35.2 Å². The van der Waals surface area contributed by atoms with Crippen LogP contribution in [-0.4, -0.2) is 29.9 Å². The summed E-state index contributed by atoms with van der Waals surface area (Å²) < 4.78 is 4.86. The first-order valence-corrected chi connectivity index (χ1v) is 7.83. The molecule has 0 saturated heterocycles. The van der Waals surface area contributed by atoms with Crippen LogP contribution in [0.15, 0.2) is 24.3 Å². The molecule has 0 heterocycles. The standard InChI is InChI=1S/C18H20O5/c1-3-11-5-7-12(8-6-11)17(21)16-14(19)9-13(10-15(16)20)18(22)23-4-2/h5-8,13,16H,3-4,9-10H2,1-2H3. The number of carbonyl (C=O) groups excluding carboxylic acids is 4. The van der Waals surface area contributed by atoms with E-state index >= 15 is 0 Å². The minimum absolute atomic E-state index is 0.117. The lowest BCUT2D eigenvalue weighted by atomic mass is 9.76. The topological polar surface area (TPSA) is 77.5 Å². The Morgan fingerprint density at radius 2 is 1.61 bits per heavy atom. The first-order valence-electron chi connectivity index (χ1n) is 7.83. The van der Waals surface area contributed by atoms with E-state index in [9.17, 15) is 19.2 Å². The van der Waals surface area contributed by atoms with Crippen LogP contribution in [0.3, 0.4) is 0 Å². The molecule has 1 aromatic rings. The number of hydrogen-bond donors (Lipinski definition) is 0. The van der Waals surface area contributed by atoms with Crippen LogP contribution in [0.25, 0.3) is 0 Å². The summed E-state index contributed by atoms with van der Waals surface area (Å²) in [4.78, 5) is 48.6. The van der Waals surface area contributed by atoms with Gasteiger partial charge in [-0.3, -0.25) is 19.2 Å². The minimum Gasteiger partial charge on any atom is -0.466 e. The van der Waals surface area contributed by atoms with E-state index in [0.29, 0.717) is 5.56 Å². The Hall–Kier alpha value is -2.30. The van der Waals surface area contributed by atoms with Gasteiger partial charge in [-0.1, -0.05) is 31.2 Å². The Bertz CT molecular complexity index is 611. The van der Waals surface area contributed by atoms with Gasteiger partial charge < -0.3 is 4.74 Å². The van der Waals surface area contributed by atoms with E-state index in [4.69, 9.17) is 4.74 Å². The molecule has 0 aliphatic heterocycles. The number of ether oxygens (including phenoxy) is 1. The largest absolute Gasteiger partial charge is 0.466 e. The van der Waals surface area contributed by atoms with Crippen LogP contribution < -0.4 is 0 Å². The molecule has 2 rings (SSSR count). The molecule has 23 heavy (non-hydrogen) atoms. The van der Waals surface area contributed by atoms with E-state index in [2.05, 4.69) is 0 Å². The Morgan fingerprint density at radius 3 is 2.09 bits per heavy atom. The van der Waals surface area contributed by atoms with Crippen LogP contribution in [0.5, 0.6) is 0 Å². The van der Waals surface area contributed by atoms with Crippen LogP contribution in [0.2, 0.25) is 0 Å². The van der Waals surface area contributed by atoms with Crippen molar-refractivity contribution in [3.8, 4) is 0 Å². The van der Waals surface area contributed by atoms with E-state index in [-0.39, 0.29) is 19.4 Å². The average molecular weight is 316 g/mol. The van der Waals surface area contributed by atoms with Crippen LogP contribution in [-0.2, 0) is 25.5 Å². The van der Waals surface area contributed by atoms with Crippen LogP contribution >= 0.6 is 0 Å². The number of esters is 1. The molecule has 0 bridgehead atoms. The fraction of sp³-hybridized carbons (Fsp3) is 0.444. The number of aryl methyl sites for hydroxylation is 1. The maximum atomic E-state index is 12.5. The van der Waals surface area contributed by atoms with Gasteiger partial charge in [0.2, 0.25) is 0 Å². The van der Waals surface area contributed by atoms with Gasteiger partial charge in [0.25, 0.3) is 0 Å². The summed E-state index contributed by atoms with van der Waals surface area (Å²) in [6, 6.07) is 6.90. The highest BCUT2D eigenvalue weighted by atomic mass is 16.5. The van der Waals surface area contributed by atoms with Crippen molar-refractivity contribution in [2.45, 2.75) is 33.1 Å². The number of ketones is 3. The molecule has 1 fully saturated rings. The Morgan fingerprint density at radius 1 is 1.04 bits per heavy atom. The maximum absolute atomic E-state index is 12.5. The summed E-state index contributed by atoms with van der Waals surface area (Å²) in [5, 5.41) is 0. The molecule has 1 aliphatic rings. The van der Waals surface area contributed by atoms with Gasteiger partial charge in [-0.15, -0.1) is 0 Å². The Kier molecular flexibility index (Phi) is 5.42. The minimum atomic E-state index is -1.28. The van der Waals surface area contributed by atoms with E-state index in [0.717, 1.165) is 12.0 Å². The third-order valence-electron chi connectivity index (χ3n) is 4.07. The molecule has 0 atom stereocenters. The SMILES string of the molecule is CCOC(=O)C1CC(=O)C(C(=O)c2ccc(CC)cc2)C(=O)C1. The number of hydrogen-bond acceptors (Lipinski definition) is 5. The van der Waals surface area contributed by atoms with Crippen molar-refractivity contribution >= 4 is 23.3 Å². The molecule has 1 aliphatic carbocycles. The molecule has 122 valence electrons. The molecular weight excluding hydrogens is 296 g/mol. The highest BCUT2D eigenvalue weighted by Gasteiger charge is 2.43. The van der Waals surface area contributed by atoms with Crippen molar-refractivity contribution in [3.05, 3.63) is 35.4 Å². The molecule has 5 heteroatoms. The molecule has 0 unspecified atom stereocenters. The third-order valence-corrected chi connectivity index (χ3v) is 4.07. The zero-order valence-electron chi connectivity index (χ0n) is 13.3. The maximum Gasteiger partial charge on any atom is 0.309 e. The van der Waals surface area contributed by atoms with Crippen molar-refractivity contribution < 1.29 is 23.9 Å². The van der Waals surface area contributed by atoms with Gasteiger partial charge >= 0.3 is 5.97 Å². The van der Waals surface area contributed by atoms with Crippen LogP contribution in [0.4, 0.5) is 0 Å². The van der Waals surface area contributed by atoms with Gasteiger partial charge in [-0.05, 0) is 18.9 Å². The Labute approximate surface area is 135 Å². The molecule has 0 N–H and O–H groups in total. The molecule has 1 aromatic carbocycles. The van der Waals surface area contributed by atoms with E-state index in [1.165, 1.54) is 0 Å². The number of Topliss-reactive ketones (excluding diaryl/α,β-unsaturated/α-hetero) is 3. The fourth-order valence-corrected chi connectivity index (χ4v) is 2.76. The van der Waals surface area contributed by atoms with Crippen molar-refractivity contribution in [1.82, 2.24) is 0 Å². The highest BCUT2D eigenvalue weighted by molar-refractivity contribution is 6.25. The predicted octanol–water partition coefficient (Wildman–Crippen LogP) is 2.16. The molecule has 0 aromatic heterocycles.